The van der Waals surface area contributed by atoms with Gasteiger partial charge >= 0.3 is 6.03 Å². The number of halogens is 1. The van der Waals surface area contributed by atoms with Gasteiger partial charge in [0.1, 0.15) is 0 Å². The Kier molecular flexibility index (Phi) is 5.67. The molecular formula is C20H22ClN5O2. The number of para-hydroxylation sites is 1. The van der Waals surface area contributed by atoms with Crippen molar-refractivity contribution < 1.29 is 9.32 Å². The molecule has 0 spiro atoms. The van der Waals surface area contributed by atoms with E-state index < -0.39 is 5.54 Å². The van der Waals surface area contributed by atoms with Crippen LogP contribution in [0.25, 0.3) is 11.5 Å². The summed E-state index contributed by atoms with van der Waals surface area (Å²) in [5, 5.41) is 9.71. The maximum atomic E-state index is 12.3. The molecular weight excluding hydrogens is 378 g/mol. The summed E-state index contributed by atoms with van der Waals surface area (Å²) in [4.78, 5) is 16.7. The van der Waals surface area contributed by atoms with E-state index in [4.69, 9.17) is 10.3 Å². The van der Waals surface area contributed by atoms with Crippen LogP contribution in [0.4, 0.5) is 16.2 Å². The second-order valence-corrected chi connectivity index (χ2v) is 6.91. The summed E-state index contributed by atoms with van der Waals surface area (Å²) in [5.41, 5.74) is 8.84. The summed E-state index contributed by atoms with van der Waals surface area (Å²) >= 11 is 0. The summed E-state index contributed by atoms with van der Waals surface area (Å²) in [7, 11) is 0. The van der Waals surface area contributed by atoms with Gasteiger partial charge in [0.15, 0.2) is 5.82 Å². The molecule has 28 heavy (non-hydrogen) atoms. The van der Waals surface area contributed by atoms with Gasteiger partial charge in [-0.2, -0.15) is 4.98 Å². The first-order valence-electron chi connectivity index (χ1n) is 8.91. The molecule has 0 radical (unpaired) electrons. The molecule has 3 aromatic rings. The van der Waals surface area contributed by atoms with Crippen LogP contribution in [0.15, 0.2) is 53.1 Å². The van der Waals surface area contributed by atoms with Crippen LogP contribution in [0.5, 0.6) is 0 Å². The number of hydrogen-bond donors (Lipinski definition) is 3. The molecule has 0 atom stereocenters. The maximum absolute atomic E-state index is 12.3. The minimum absolute atomic E-state index is 0. The van der Waals surface area contributed by atoms with Crippen molar-refractivity contribution in [3.63, 3.8) is 0 Å². The van der Waals surface area contributed by atoms with Crippen molar-refractivity contribution in [1.29, 1.82) is 0 Å². The number of nitrogens with one attached hydrogen (secondary N) is 2. The van der Waals surface area contributed by atoms with Crippen LogP contribution in [0.1, 0.15) is 30.7 Å². The average molecular weight is 400 g/mol. The molecule has 1 heterocycles. The lowest BCUT2D eigenvalue weighted by molar-refractivity contribution is 0.229. The summed E-state index contributed by atoms with van der Waals surface area (Å²) in [5.74, 6) is 0.939. The Morgan fingerprint density at radius 2 is 1.89 bits per heavy atom. The van der Waals surface area contributed by atoms with Crippen molar-refractivity contribution in [3.8, 4) is 11.5 Å². The summed E-state index contributed by atoms with van der Waals surface area (Å²) < 4.78 is 5.40. The van der Waals surface area contributed by atoms with Gasteiger partial charge in [0, 0.05) is 16.9 Å². The molecule has 2 aromatic carbocycles. The number of anilines is 2. The summed E-state index contributed by atoms with van der Waals surface area (Å²) in [6.07, 6.45) is 2.81. The molecule has 1 aliphatic carbocycles. The number of hydrogen-bond acceptors (Lipinski definition) is 5. The van der Waals surface area contributed by atoms with Gasteiger partial charge in [-0.15, -0.1) is 12.4 Å². The number of urea groups is 1. The predicted octanol–water partition coefficient (Wildman–Crippen LogP) is 4.45. The number of carbonyl (C=O) groups is 1. The number of nitrogens with two attached hydrogens (primary N) is 1. The summed E-state index contributed by atoms with van der Waals surface area (Å²) in [6.45, 7) is 1.92. The fourth-order valence-electron chi connectivity index (χ4n) is 3.02. The van der Waals surface area contributed by atoms with Crippen LogP contribution in [0.2, 0.25) is 0 Å². The monoisotopic (exact) mass is 399 g/mol. The van der Waals surface area contributed by atoms with E-state index in [1.54, 1.807) is 0 Å². The third kappa shape index (κ3) is 4.00. The van der Waals surface area contributed by atoms with E-state index >= 15 is 0 Å². The zero-order valence-electron chi connectivity index (χ0n) is 15.4. The van der Waals surface area contributed by atoms with E-state index in [1.165, 1.54) is 0 Å². The third-order valence-corrected chi connectivity index (χ3v) is 4.88. The molecule has 0 saturated heterocycles. The van der Waals surface area contributed by atoms with Gasteiger partial charge in [0.05, 0.1) is 5.54 Å². The Labute approximate surface area is 169 Å². The average Bonchev–Trinajstić information content (AvgIpc) is 3.13. The van der Waals surface area contributed by atoms with Gasteiger partial charge in [-0.1, -0.05) is 29.4 Å². The maximum Gasteiger partial charge on any atom is 0.323 e. The third-order valence-electron chi connectivity index (χ3n) is 4.88. The number of rotatable bonds is 4. The minimum Gasteiger partial charge on any atom is -0.334 e. The smallest absolute Gasteiger partial charge is 0.323 e. The molecule has 1 saturated carbocycles. The molecule has 4 rings (SSSR count). The first-order chi connectivity index (χ1) is 13.0. The number of benzene rings is 2. The molecule has 1 aliphatic rings. The van der Waals surface area contributed by atoms with Crippen molar-refractivity contribution in [1.82, 2.24) is 10.1 Å². The fourth-order valence-corrected chi connectivity index (χ4v) is 3.02. The fraction of sp³-hybridized carbons (Fsp3) is 0.250. The Morgan fingerprint density at radius 1 is 1.14 bits per heavy atom. The van der Waals surface area contributed by atoms with Crippen molar-refractivity contribution in [2.75, 3.05) is 10.6 Å². The van der Waals surface area contributed by atoms with Crippen molar-refractivity contribution in [2.45, 2.75) is 31.7 Å². The van der Waals surface area contributed by atoms with Gasteiger partial charge < -0.3 is 20.9 Å². The van der Waals surface area contributed by atoms with E-state index in [-0.39, 0.29) is 18.4 Å². The van der Waals surface area contributed by atoms with Gasteiger partial charge in [0.25, 0.3) is 5.89 Å². The topological polar surface area (TPSA) is 106 Å². The lowest BCUT2D eigenvalue weighted by Gasteiger charge is -2.34. The van der Waals surface area contributed by atoms with Gasteiger partial charge in [-0.05, 0) is 56.0 Å². The second-order valence-electron chi connectivity index (χ2n) is 6.91. The molecule has 0 bridgehead atoms. The van der Waals surface area contributed by atoms with Gasteiger partial charge in [-0.25, -0.2) is 4.79 Å². The van der Waals surface area contributed by atoms with Gasteiger partial charge in [0.2, 0.25) is 0 Å². The SMILES string of the molecule is Cc1ccc(-c2nc(C3(N)CCC3)no2)cc1NC(=O)Nc1ccccc1.Cl. The molecule has 0 aliphatic heterocycles. The first-order valence-corrected chi connectivity index (χ1v) is 8.91. The highest BCUT2D eigenvalue weighted by molar-refractivity contribution is 6.00. The molecule has 4 N–H and O–H groups in total. The Hall–Kier alpha value is -2.90. The molecule has 7 nitrogen and oxygen atoms in total. The van der Waals surface area contributed by atoms with Crippen LogP contribution < -0.4 is 16.4 Å². The quantitative estimate of drug-likeness (QED) is 0.601. The zero-order chi connectivity index (χ0) is 18.9. The van der Waals surface area contributed by atoms with Crippen LogP contribution in [-0.2, 0) is 5.54 Å². The van der Waals surface area contributed by atoms with E-state index in [1.807, 2.05) is 55.5 Å². The molecule has 8 heteroatoms. The van der Waals surface area contributed by atoms with E-state index in [0.717, 1.165) is 36.1 Å². The number of carbonyl (C=O) groups excluding carboxylic acids is 1. The van der Waals surface area contributed by atoms with Crippen LogP contribution in [0, 0.1) is 6.92 Å². The number of aromatic nitrogens is 2. The molecule has 146 valence electrons. The minimum atomic E-state index is -0.469. The lowest BCUT2D eigenvalue weighted by atomic mass is 9.77. The Morgan fingerprint density at radius 3 is 2.57 bits per heavy atom. The van der Waals surface area contributed by atoms with Crippen molar-refractivity contribution in [2.24, 2.45) is 5.73 Å². The first kappa shape index (κ1) is 19.9. The molecule has 1 fully saturated rings. The highest BCUT2D eigenvalue weighted by Crippen LogP contribution is 2.37. The van der Waals surface area contributed by atoms with Gasteiger partial charge in [-0.3, -0.25) is 0 Å². The normalized spacial score (nSPS) is 14.5. The van der Waals surface area contributed by atoms with Crippen molar-refractivity contribution in [3.05, 3.63) is 59.9 Å². The van der Waals surface area contributed by atoms with E-state index in [0.29, 0.717) is 17.4 Å². The van der Waals surface area contributed by atoms with E-state index in [9.17, 15) is 4.79 Å². The van der Waals surface area contributed by atoms with Crippen LogP contribution >= 0.6 is 12.4 Å². The zero-order valence-corrected chi connectivity index (χ0v) is 16.3. The standard InChI is InChI=1S/C20H21N5O2.ClH/c1-13-8-9-14(17-24-18(25-27-17)20(21)10-5-11-20)12-16(13)23-19(26)22-15-6-3-2-4-7-15;/h2-4,6-9,12H,5,10-11,21H2,1H3,(H2,22,23,26);1H. The number of aryl methyl sites for hydroxylation is 1. The Balaban J connectivity index is 0.00000225. The highest BCUT2D eigenvalue weighted by Gasteiger charge is 2.39. The summed E-state index contributed by atoms with van der Waals surface area (Å²) in [6, 6.07) is 14.6. The number of amides is 2. The lowest BCUT2D eigenvalue weighted by Crippen LogP contribution is -2.44. The van der Waals surface area contributed by atoms with Crippen molar-refractivity contribution >= 4 is 29.8 Å². The predicted molar refractivity (Wildman–Crippen MR) is 111 cm³/mol. The Bertz CT molecular complexity index is 970. The van der Waals surface area contributed by atoms with Crippen LogP contribution in [-0.4, -0.2) is 16.2 Å². The molecule has 0 unspecified atom stereocenters. The second kappa shape index (κ2) is 8.00. The van der Waals surface area contributed by atoms with E-state index in [2.05, 4.69) is 20.8 Å². The highest BCUT2D eigenvalue weighted by atomic mass is 35.5. The largest absolute Gasteiger partial charge is 0.334 e. The molecule has 1 aromatic heterocycles. The van der Waals surface area contributed by atoms with Crippen LogP contribution in [0.3, 0.4) is 0 Å². The molecule has 2 amide bonds. The number of nitrogens with zero attached hydrogens (tertiary/aromatic N) is 2.